The molecule has 4 nitrogen and oxygen atoms in total. The summed E-state index contributed by atoms with van der Waals surface area (Å²) in [6.45, 7) is 2.05. The Kier molecular flexibility index (Phi) is 3.04. The zero-order valence-corrected chi connectivity index (χ0v) is 11.3. The van der Waals surface area contributed by atoms with Gasteiger partial charge in [0.2, 0.25) is 0 Å². The van der Waals surface area contributed by atoms with Gasteiger partial charge < -0.3 is 0 Å². The molecule has 0 saturated heterocycles. The van der Waals surface area contributed by atoms with Crippen molar-refractivity contribution in [3.63, 3.8) is 0 Å². The van der Waals surface area contributed by atoms with Gasteiger partial charge in [0, 0.05) is 4.88 Å². The average molecular weight is 274 g/mol. The maximum atomic E-state index is 4.27. The predicted octanol–water partition coefficient (Wildman–Crippen LogP) is 3.51. The second-order valence-corrected chi connectivity index (χ2v) is 5.56. The predicted molar refractivity (Wildman–Crippen MR) is 77.7 cm³/mol. The molecule has 0 radical (unpaired) electrons. The van der Waals surface area contributed by atoms with Crippen LogP contribution in [0.4, 0.5) is 5.82 Å². The molecule has 18 heavy (non-hydrogen) atoms. The van der Waals surface area contributed by atoms with E-state index in [1.54, 1.807) is 35.2 Å². The zero-order chi connectivity index (χ0) is 12.4. The second kappa shape index (κ2) is 4.83. The van der Waals surface area contributed by atoms with Crippen LogP contribution < -0.4 is 5.43 Å². The van der Waals surface area contributed by atoms with Crippen molar-refractivity contribution in [2.45, 2.75) is 6.92 Å². The van der Waals surface area contributed by atoms with Gasteiger partial charge in [0.15, 0.2) is 5.82 Å². The Morgan fingerprint density at radius 3 is 3.11 bits per heavy atom. The molecular weight excluding hydrogens is 264 g/mol. The highest BCUT2D eigenvalue weighted by Gasteiger charge is 2.06. The first-order valence-corrected chi connectivity index (χ1v) is 7.12. The van der Waals surface area contributed by atoms with Gasteiger partial charge in [-0.3, -0.25) is 5.43 Å². The average Bonchev–Trinajstić information content (AvgIpc) is 3.01. The summed E-state index contributed by atoms with van der Waals surface area (Å²) in [5.41, 5.74) is 5.13. The van der Waals surface area contributed by atoms with Crippen LogP contribution in [-0.2, 0) is 0 Å². The number of fused-ring (bicyclic) bond motifs is 1. The van der Waals surface area contributed by atoms with E-state index in [1.165, 1.54) is 5.56 Å². The Morgan fingerprint density at radius 2 is 2.28 bits per heavy atom. The van der Waals surface area contributed by atoms with Crippen molar-refractivity contribution in [3.8, 4) is 0 Å². The van der Waals surface area contributed by atoms with Gasteiger partial charge >= 0.3 is 0 Å². The molecule has 0 fully saturated rings. The molecule has 0 aliphatic heterocycles. The van der Waals surface area contributed by atoms with Crippen LogP contribution in [0.25, 0.3) is 10.2 Å². The molecule has 0 bridgehead atoms. The first kappa shape index (κ1) is 11.3. The Morgan fingerprint density at radius 1 is 1.33 bits per heavy atom. The number of nitrogens with one attached hydrogen (secondary N) is 1. The van der Waals surface area contributed by atoms with Crippen LogP contribution in [0.2, 0.25) is 0 Å². The number of aryl methyl sites for hydroxylation is 1. The topological polar surface area (TPSA) is 50.2 Å². The molecular formula is C12H10N4S2. The zero-order valence-electron chi connectivity index (χ0n) is 9.62. The largest absolute Gasteiger partial charge is 0.260 e. The summed E-state index contributed by atoms with van der Waals surface area (Å²) in [7, 11) is 0. The SMILES string of the molecule is Cc1csc2c(N/N=C/c3cccs3)ncnc12. The number of hydrazone groups is 1. The molecule has 0 amide bonds. The van der Waals surface area contributed by atoms with E-state index in [9.17, 15) is 0 Å². The van der Waals surface area contributed by atoms with Gasteiger partial charge in [0.1, 0.15) is 6.33 Å². The van der Waals surface area contributed by atoms with Gasteiger partial charge in [-0.2, -0.15) is 5.10 Å². The molecule has 3 aromatic heterocycles. The number of hydrogen-bond donors (Lipinski definition) is 1. The second-order valence-electron chi connectivity index (χ2n) is 3.70. The minimum atomic E-state index is 0.755. The summed E-state index contributed by atoms with van der Waals surface area (Å²) in [6, 6.07) is 4.01. The molecule has 1 N–H and O–H groups in total. The molecule has 0 spiro atoms. The maximum absolute atomic E-state index is 4.27. The highest BCUT2D eigenvalue weighted by molar-refractivity contribution is 7.18. The third kappa shape index (κ3) is 2.12. The van der Waals surface area contributed by atoms with E-state index < -0.39 is 0 Å². The lowest BCUT2D eigenvalue weighted by atomic mass is 10.3. The van der Waals surface area contributed by atoms with Gasteiger partial charge in [0.05, 0.1) is 16.4 Å². The Balaban J connectivity index is 1.87. The van der Waals surface area contributed by atoms with E-state index in [1.807, 2.05) is 24.4 Å². The molecule has 3 rings (SSSR count). The molecule has 90 valence electrons. The molecule has 0 saturated carbocycles. The Labute approximate surface area is 112 Å². The minimum absolute atomic E-state index is 0.755. The maximum Gasteiger partial charge on any atom is 0.167 e. The lowest BCUT2D eigenvalue weighted by molar-refractivity contribution is 1.18. The van der Waals surface area contributed by atoms with E-state index in [4.69, 9.17) is 0 Å². The van der Waals surface area contributed by atoms with Crippen molar-refractivity contribution in [1.29, 1.82) is 0 Å². The quantitative estimate of drug-likeness (QED) is 0.587. The smallest absolute Gasteiger partial charge is 0.167 e. The van der Waals surface area contributed by atoms with Gasteiger partial charge in [0.25, 0.3) is 0 Å². The van der Waals surface area contributed by atoms with Gasteiger partial charge in [-0.25, -0.2) is 9.97 Å². The van der Waals surface area contributed by atoms with E-state index >= 15 is 0 Å². The van der Waals surface area contributed by atoms with E-state index in [-0.39, 0.29) is 0 Å². The van der Waals surface area contributed by atoms with Crippen LogP contribution in [0.3, 0.4) is 0 Å². The summed E-state index contributed by atoms with van der Waals surface area (Å²) in [6.07, 6.45) is 3.35. The number of anilines is 1. The molecule has 3 aromatic rings. The Bertz CT molecular complexity index is 685. The van der Waals surface area contributed by atoms with Crippen LogP contribution >= 0.6 is 22.7 Å². The van der Waals surface area contributed by atoms with Crippen LogP contribution in [-0.4, -0.2) is 16.2 Å². The summed E-state index contributed by atoms with van der Waals surface area (Å²) >= 11 is 3.28. The number of aromatic nitrogens is 2. The fourth-order valence-corrected chi connectivity index (χ4v) is 3.10. The first-order valence-electron chi connectivity index (χ1n) is 5.36. The minimum Gasteiger partial charge on any atom is -0.260 e. The van der Waals surface area contributed by atoms with Gasteiger partial charge in [-0.1, -0.05) is 6.07 Å². The molecule has 0 aliphatic rings. The standard InChI is InChI=1S/C12H10N4S2/c1-8-6-18-11-10(8)13-7-14-12(11)16-15-5-9-3-2-4-17-9/h2-7H,1H3,(H,13,14,16)/b15-5+. The summed E-state index contributed by atoms with van der Waals surface area (Å²) in [4.78, 5) is 9.59. The van der Waals surface area contributed by atoms with Crippen LogP contribution in [0, 0.1) is 6.92 Å². The molecule has 0 aliphatic carbocycles. The van der Waals surface area contributed by atoms with Gasteiger partial charge in [-0.15, -0.1) is 22.7 Å². The molecule has 6 heteroatoms. The van der Waals surface area contributed by atoms with E-state index in [0.29, 0.717) is 0 Å². The lowest BCUT2D eigenvalue weighted by Gasteiger charge is -1.99. The summed E-state index contributed by atoms with van der Waals surface area (Å²) in [5.74, 6) is 0.755. The highest BCUT2D eigenvalue weighted by atomic mass is 32.1. The van der Waals surface area contributed by atoms with E-state index in [0.717, 1.165) is 20.9 Å². The molecule has 0 atom stereocenters. The number of nitrogens with zero attached hydrogens (tertiary/aromatic N) is 3. The third-order valence-electron chi connectivity index (χ3n) is 2.44. The normalized spacial score (nSPS) is 11.4. The monoisotopic (exact) mass is 274 g/mol. The molecule has 0 aromatic carbocycles. The molecule has 3 heterocycles. The van der Waals surface area contributed by atoms with Crippen molar-refractivity contribution >= 4 is 44.9 Å². The summed E-state index contributed by atoms with van der Waals surface area (Å²) < 4.78 is 1.04. The Hall–Kier alpha value is -1.79. The third-order valence-corrected chi connectivity index (χ3v) is 4.34. The number of rotatable bonds is 3. The van der Waals surface area contributed by atoms with Crippen LogP contribution in [0.1, 0.15) is 10.4 Å². The fourth-order valence-electron chi connectivity index (χ4n) is 1.57. The first-order chi connectivity index (χ1) is 8.84. The lowest BCUT2D eigenvalue weighted by Crippen LogP contribution is -1.93. The summed E-state index contributed by atoms with van der Waals surface area (Å²) in [5, 5.41) is 8.29. The van der Waals surface area contributed by atoms with Gasteiger partial charge in [-0.05, 0) is 29.3 Å². The van der Waals surface area contributed by atoms with Crippen LogP contribution in [0.15, 0.2) is 34.3 Å². The van der Waals surface area contributed by atoms with Crippen molar-refractivity contribution in [2.24, 2.45) is 5.10 Å². The van der Waals surface area contributed by atoms with Crippen molar-refractivity contribution in [1.82, 2.24) is 9.97 Å². The number of hydrogen-bond acceptors (Lipinski definition) is 6. The highest BCUT2D eigenvalue weighted by Crippen LogP contribution is 2.28. The van der Waals surface area contributed by atoms with Crippen molar-refractivity contribution < 1.29 is 0 Å². The molecule has 0 unspecified atom stereocenters. The fraction of sp³-hybridized carbons (Fsp3) is 0.0833. The number of thiophene rings is 2. The van der Waals surface area contributed by atoms with E-state index in [2.05, 4.69) is 25.9 Å². The van der Waals surface area contributed by atoms with Crippen molar-refractivity contribution in [2.75, 3.05) is 5.43 Å². The van der Waals surface area contributed by atoms with Crippen LogP contribution in [0.5, 0.6) is 0 Å². The van der Waals surface area contributed by atoms with Crippen molar-refractivity contribution in [3.05, 3.63) is 39.7 Å².